The Morgan fingerprint density at radius 1 is 1.28 bits per heavy atom. The maximum absolute atomic E-state index is 11.1. The summed E-state index contributed by atoms with van der Waals surface area (Å²) in [5.41, 5.74) is 0.774. The molecule has 1 heterocycles. The molecule has 0 saturated carbocycles. The van der Waals surface area contributed by atoms with Crippen LogP contribution in [0.1, 0.15) is 5.76 Å². The Kier molecular flexibility index (Phi) is 3.38. The van der Waals surface area contributed by atoms with Crippen LogP contribution in [-0.2, 0) is 15.6 Å². The molecule has 0 bridgehead atoms. The number of benzene rings is 1. The van der Waals surface area contributed by atoms with Gasteiger partial charge in [0.2, 0.25) is 5.89 Å². The molecule has 0 aliphatic heterocycles. The second kappa shape index (κ2) is 4.81. The summed E-state index contributed by atoms with van der Waals surface area (Å²) in [5, 5.41) is 0. The van der Waals surface area contributed by atoms with Gasteiger partial charge >= 0.3 is 0 Å². The van der Waals surface area contributed by atoms with E-state index in [1.807, 2.05) is 0 Å². The largest absolute Gasteiger partial charge is 0.497 e. The van der Waals surface area contributed by atoms with Crippen LogP contribution < -0.4 is 4.74 Å². The number of hydrogen-bond acceptors (Lipinski definition) is 5. The first-order valence-electron chi connectivity index (χ1n) is 5.25. The highest BCUT2D eigenvalue weighted by Crippen LogP contribution is 2.22. The van der Waals surface area contributed by atoms with Gasteiger partial charge in [0.15, 0.2) is 9.84 Å². The van der Waals surface area contributed by atoms with Gasteiger partial charge in [-0.2, -0.15) is 0 Å². The monoisotopic (exact) mass is 267 g/mol. The Morgan fingerprint density at radius 2 is 1.94 bits per heavy atom. The second-order valence-electron chi connectivity index (χ2n) is 3.93. The zero-order chi connectivity index (χ0) is 13.2. The lowest BCUT2D eigenvalue weighted by Gasteiger charge is -1.99. The first-order chi connectivity index (χ1) is 8.48. The van der Waals surface area contributed by atoms with E-state index in [2.05, 4.69) is 4.98 Å². The first kappa shape index (κ1) is 12.6. The molecule has 6 heteroatoms. The fraction of sp³-hybridized carbons (Fsp3) is 0.250. The number of methoxy groups -OCH3 is 1. The van der Waals surface area contributed by atoms with Crippen molar-refractivity contribution < 1.29 is 17.6 Å². The molecule has 18 heavy (non-hydrogen) atoms. The minimum Gasteiger partial charge on any atom is -0.497 e. The topological polar surface area (TPSA) is 69.4 Å². The van der Waals surface area contributed by atoms with E-state index in [1.54, 1.807) is 31.4 Å². The summed E-state index contributed by atoms with van der Waals surface area (Å²) >= 11 is 0. The van der Waals surface area contributed by atoms with Gasteiger partial charge in [-0.3, -0.25) is 0 Å². The van der Waals surface area contributed by atoms with Crippen LogP contribution in [0.3, 0.4) is 0 Å². The zero-order valence-corrected chi connectivity index (χ0v) is 10.9. The summed E-state index contributed by atoms with van der Waals surface area (Å²) in [4.78, 5) is 4.05. The number of sulfone groups is 1. The molecule has 5 nitrogen and oxygen atoms in total. The average Bonchev–Trinajstić information content (AvgIpc) is 2.75. The predicted octanol–water partition coefficient (Wildman–Crippen LogP) is 1.89. The van der Waals surface area contributed by atoms with E-state index < -0.39 is 9.84 Å². The number of rotatable bonds is 4. The van der Waals surface area contributed by atoms with Gasteiger partial charge in [0, 0.05) is 11.8 Å². The van der Waals surface area contributed by atoms with Gasteiger partial charge in [0.1, 0.15) is 17.3 Å². The van der Waals surface area contributed by atoms with Crippen LogP contribution in [0.25, 0.3) is 11.5 Å². The molecule has 0 aliphatic carbocycles. The van der Waals surface area contributed by atoms with Crippen LogP contribution in [0, 0.1) is 0 Å². The van der Waals surface area contributed by atoms with E-state index in [9.17, 15) is 8.42 Å². The van der Waals surface area contributed by atoms with Crippen LogP contribution in [-0.4, -0.2) is 26.8 Å². The number of nitrogens with zero attached hydrogens (tertiary/aromatic N) is 1. The molecule has 0 spiro atoms. The minimum atomic E-state index is -3.11. The molecular formula is C12H13NO4S. The third-order valence-corrected chi connectivity index (χ3v) is 3.10. The number of oxazole rings is 1. The van der Waals surface area contributed by atoms with Crippen molar-refractivity contribution in [2.75, 3.05) is 13.4 Å². The van der Waals surface area contributed by atoms with Crippen molar-refractivity contribution in [1.29, 1.82) is 0 Å². The second-order valence-corrected chi connectivity index (χ2v) is 6.07. The summed E-state index contributed by atoms with van der Waals surface area (Å²) in [6.07, 6.45) is 2.59. The normalized spacial score (nSPS) is 11.4. The molecule has 0 N–H and O–H groups in total. The SMILES string of the molecule is COc1ccc(-c2ncc(CS(C)(=O)=O)o2)cc1. The smallest absolute Gasteiger partial charge is 0.226 e. The van der Waals surface area contributed by atoms with Gasteiger partial charge in [-0.1, -0.05) is 0 Å². The molecule has 1 aromatic carbocycles. The van der Waals surface area contributed by atoms with Crippen molar-refractivity contribution in [2.24, 2.45) is 0 Å². The molecule has 0 atom stereocenters. The summed E-state index contributed by atoms with van der Waals surface area (Å²) in [7, 11) is -1.52. The molecule has 0 fully saturated rings. The molecule has 0 aliphatic rings. The number of hydrogen-bond donors (Lipinski definition) is 0. The number of aromatic nitrogens is 1. The van der Waals surface area contributed by atoms with Crippen LogP contribution in [0.5, 0.6) is 5.75 Å². The van der Waals surface area contributed by atoms with Gasteiger partial charge in [0.05, 0.1) is 13.3 Å². The molecule has 0 radical (unpaired) electrons. The molecule has 96 valence electrons. The van der Waals surface area contributed by atoms with Gasteiger partial charge in [-0.15, -0.1) is 0 Å². The maximum Gasteiger partial charge on any atom is 0.226 e. The standard InChI is InChI=1S/C12H13NO4S/c1-16-10-5-3-9(4-6-10)12-13-7-11(17-12)8-18(2,14)15/h3-7H,8H2,1-2H3. The van der Waals surface area contributed by atoms with Crippen molar-refractivity contribution in [2.45, 2.75) is 5.75 Å². The highest BCUT2D eigenvalue weighted by atomic mass is 32.2. The third kappa shape index (κ3) is 3.10. The van der Waals surface area contributed by atoms with Crippen LogP contribution >= 0.6 is 0 Å². The van der Waals surface area contributed by atoms with Crippen LogP contribution in [0.15, 0.2) is 34.9 Å². The predicted molar refractivity (Wildman–Crippen MR) is 67.0 cm³/mol. The lowest BCUT2D eigenvalue weighted by atomic mass is 10.2. The Morgan fingerprint density at radius 3 is 2.50 bits per heavy atom. The first-order valence-corrected chi connectivity index (χ1v) is 7.31. The lowest BCUT2D eigenvalue weighted by molar-refractivity contribution is 0.415. The van der Waals surface area contributed by atoms with E-state index in [0.29, 0.717) is 11.7 Å². The summed E-state index contributed by atoms with van der Waals surface area (Å²) in [6, 6.07) is 7.18. The van der Waals surface area contributed by atoms with Crippen molar-refractivity contribution in [1.82, 2.24) is 4.98 Å². The Bertz CT molecular complexity index is 628. The fourth-order valence-electron chi connectivity index (χ4n) is 1.50. The lowest BCUT2D eigenvalue weighted by Crippen LogP contribution is -1.98. The average molecular weight is 267 g/mol. The fourth-order valence-corrected chi connectivity index (χ4v) is 2.15. The molecule has 0 saturated heterocycles. The van der Waals surface area contributed by atoms with Crippen LogP contribution in [0.2, 0.25) is 0 Å². The molecule has 0 amide bonds. The quantitative estimate of drug-likeness (QED) is 0.846. The Balaban J connectivity index is 2.23. The summed E-state index contributed by atoms with van der Waals surface area (Å²) in [5.74, 6) is 1.33. The van der Waals surface area contributed by atoms with Crippen molar-refractivity contribution in [3.05, 3.63) is 36.2 Å². The van der Waals surface area contributed by atoms with E-state index in [0.717, 1.165) is 17.6 Å². The molecule has 0 unspecified atom stereocenters. The van der Waals surface area contributed by atoms with E-state index >= 15 is 0 Å². The highest BCUT2D eigenvalue weighted by Gasteiger charge is 2.11. The van der Waals surface area contributed by atoms with Crippen molar-refractivity contribution in [3.63, 3.8) is 0 Å². The molecular weight excluding hydrogens is 254 g/mol. The molecule has 2 rings (SSSR count). The van der Waals surface area contributed by atoms with Gasteiger partial charge < -0.3 is 9.15 Å². The van der Waals surface area contributed by atoms with E-state index in [1.165, 1.54) is 6.20 Å². The summed E-state index contributed by atoms with van der Waals surface area (Å²) < 4.78 is 32.7. The number of ether oxygens (including phenoxy) is 1. The highest BCUT2D eigenvalue weighted by molar-refractivity contribution is 7.89. The zero-order valence-electron chi connectivity index (χ0n) is 10.1. The summed E-state index contributed by atoms with van der Waals surface area (Å²) in [6.45, 7) is 0. The van der Waals surface area contributed by atoms with Crippen LogP contribution in [0.4, 0.5) is 0 Å². The Hall–Kier alpha value is -1.82. The van der Waals surface area contributed by atoms with Gasteiger partial charge in [-0.05, 0) is 24.3 Å². The molecule has 2 aromatic rings. The van der Waals surface area contributed by atoms with E-state index in [4.69, 9.17) is 9.15 Å². The van der Waals surface area contributed by atoms with Crippen molar-refractivity contribution in [3.8, 4) is 17.2 Å². The minimum absolute atomic E-state index is 0.143. The maximum atomic E-state index is 11.1. The van der Waals surface area contributed by atoms with Crippen molar-refractivity contribution >= 4 is 9.84 Å². The van der Waals surface area contributed by atoms with Gasteiger partial charge in [-0.25, -0.2) is 13.4 Å². The third-order valence-electron chi connectivity index (χ3n) is 2.29. The molecule has 1 aromatic heterocycles. The Labute approximate surface area is 105 Å². The van der Waals surface area contributed by atoms with Gasteiger partial charge in [0.25, 0.3) is 0 Å². The van der Waals surface area contributed by atoms with E-state index in [-0.39, 0.29) is 5.75 Å².